The summed E-state index contributed by atoms with van der Waals surface area (Å²) < 4.78 is 0. The summed E-state index contributed by atoms with van der Waals surface area (Å²) in [6.07, 6.45) is 0.390. The molecule has 1 aliphatic rings. The number of nitrogen functional groups attached to an aromatic ring is 1. The van der Waals surface area contributed by atoms with Gasteiger partial charge in [0.2, 0.25) is 5.91 Å². The molecule has 0 radical (unpaired) electrons. The van der Waals surface area contributed by atoms with Gasteiger partial charge >= 0.3 is 0 Å². The number of hydrogen-bond donors (Lipinski definition) is 3. The first kappa shape index (κ1) is 13.1. The predicted octanol–water partition coefficient (Wildman–Crippen LogP) is 0.927. The van der Waals surface area contributed by atoms with Gasteiger partial charge in [0, 0.05) is 18.1 Å². The van der Waals surface area contributed by atoms with Crippen LogP contribution in [-0.4, -0.2) is 41.7 Å². The summed E-state index contributed by atoms with van der Waals surface area (Å²) in [4.78, 5) is 13.7. The normalized spacial score (nSPS) is 20.0. The van der Waals surface area contributed by atoms with Crippen molar-refractivity contribution in [2.24, 2.45) is 0 Å². The SMILES string of the molecule is Nc1ccc(Cl)cc1NC(=O)CN1CCC(O)C1. The molecule has 6 heteroatoms. The molecule has 1 unspecified atom stereocenters. The number of anilines is 2. The zero-order chi connectivity index (χ0) is 13.1. The van der Waals surface area contributed by atoms with Gasteiger partial charge < -0.3 is 16.2 Å². The van der Waals surface area contributed by atoms with Crippen molar-refractivity contribution in [2.45, 2.75) is 12.5 Å². The molecule has 18 heavy (non-hydrogen) atoms. The highest BCUT2D eigenvalue weighted by atomic mass is 35.5. The molecule has 0 aromatic heterocycles. The summed E-state index contributed by atoms with van der Waals surface area (Å²) in [5.41, 5.74) is 6.74. The number of nitrogens with zero attached hydrogens (tertiary/aromatic N) is 1. The first-order valence-electron chi connectivity index (χ1n) is 5.80. The van der Waals surface area contributed by atoms with Crippen LogP contribution in [-0.2, 0) is 4.79 Å². The van der Waals surface area contributed by atoms with Crippen LogP contribution in [0.25, 0.3) is 0 Å². The van der Waals surface area contributed by atoms with Crippen LogP contribution in [0.5, 0.6) is 0 Å². The Bertz CT molecular complexity index is 453. The van der Waals surface area contributed by atoms with Crippen LogP contribution in [0.15, 0.2) is 18.2 Å². The molecular weight excluding hydrogens is 254 g/mol. The van der Waals surface area contributed by atoms with Crippen molar-refractivity contribution in [1.82, 2.24) is 4.90 Å². The van der Waals surface area contributed by atoms with Gasteiger partial charge in [0.05, 0.1) is 24.0 Å². The van der Waals surface area contributed by atoms with E-state index >= 15 is 0 Å². The minimum Gasteiger partial charge on any atom is -0.397 e. The van der Waals surface area contributed by atoms with Crippen molar-refractivity contribution in [1.29, 1.82) is 0 Å². The van der Waals surface area contributed by atoms with E-state index in [-0.39, 0.29) is 18.6 Å². The number of likely N-dealkylation sites (tertiary alicyclic amines) is 1. The quantitative estimate of drug-likeness (QED) is 0.713. The van der Waals surface area contributed by atoms with Gasteiger partial charge in [-0.25, -0.2) is 0 Å². The third kappa shape index (κ3) is 3.35. The van der Waals surface area contributed by atoms with Gasteiger partial charge in [-0.05, 0) is 24.6 Å². The molecule has 4 N–H and O–H groups in total. The Morgan fingerprint density at radius 3 is 3.06 bits per heavy atom. The fourth-order valence-electron chi connectivity index (χ4n) is 1.99. The predicted molar refractivity (Wildman–Crippen MR) is 71.6 cm³/mol. The minimum absolute atomic E-state index is 0.155. The summed E-state index contributed by atoms with van der Waals surface area (Å²) in [5.74, 6) is -0.155. The third-order valence-electron chi connectivity index (χ3n) is 2.90. The molecule has 2 rings (SSSR count). The molecule has 1 fully saturated rings. The molecule has 1 saturated heterocycles. The fourth-order valence-corrected chi connectivity index (χ4v) is 2.16. The second-order valence-corrected chi connectivity index (χ2v) is 4.89. The molecule has 1 aromatic rings. The highest BCUT2D eigenvalue weighted by Crippen LogP contribution is 2.22. The van der Waals surface area contributed by atoms with E-state index < -0.39 is 0 Å². The van der Waals surface area contributed by atoms with Crippen LogP contribution in [0.2, 0.25) is 5.02 Å². The summed E-state index contributed by atoms with van der Waals surface area (Å²) >= 11 is 5.84. The molecule has 0 bridgehead atoms. The average Bonchev–Trinajstić information content (AvgIpc) is 2.69. The summed E-state index contributed by atoms with van der Waals surface area (Å²) in [5, 5.41) is 12.6. The van der Waals surface area contributed by atoms with Crippen molar-refractivity contribution in [3.05, 3.63) is 23.2 Å². The second-order valence-electron chi connectivity index (χ2n) is 4.46. The van der Waals surface area contributed by atoms with Crippen molar-refractivity contribution < 1.29 is 9.90 Å². The molecule has 1 atom stereocenters. The second kappa shape index (κ2) is 5.56. The molecule has 1 heterocycles. The molecule has 0 saturated carbocycles. The van der Waals surface area contributed by atoms with Crippen LogP contribution in [0, 0.1) is 0 Å². The number of amides is 1. The van der Waals surface area contributed by atoms with E-state index in [1.165, 1.54) is 0 Å². The number of nitrogens with two attached hydrogens (primary N) is 1. The van der Waals surface area contributed by atoms with E-state index in [0.717, 1.165) is 6.54 Å². The number of aliphatic hydroxyl groups is 1. The van der Waals surface area contributed by atoms with E-state index in [4.69, 9.17) is 17.3 Å². The zero-order valence-corrected chi connectivity index (χ0v) is 10.7. The van der Waals surface area contributed by atoms with Crippen LogP contribution < -0.4 is 11.1 Å². The lowest BCUT2D eigenvalue weighted by molar-refractivity contribution is -0.117. The maximum atomic E-state index is 11.8. The summed E-state index contributed by atoms with van der Waals surface area (Å²) in [7, 11) is 0. The lowest BCUT2D eigenvalue weighted by Gasteiger charge is -2.15. The van der Waals surface area contributed by atoms with Crippen molar-refractivity contribution in [2.75, 3.05) is 30.7 Å². The Hall–Kier alpha value is -1.30. The van der Waals surface area contributed by atoms with E-state index in [2.05, 4.69) is 5.32 Å². The molecule has 98 valence electrons. The summed E-state index contributed by atoms with van der Waals surface area (Å²) in [6.45, 7) is 1.53. The first-order valence-corrected chi connectivity index (χ1v) is 6.17. The molecular formula is C12H16ClN3O2. The van der Waals surface area contributed by atoms with Gasteiger partial charge in [0.1, 0.15) is 0 Å². The lowest BCUT2D eigenvalue weighted by atomic mass is 10.2. The molecule has 1 aliphatic heterocycles. The van der Waals surface area contributed by atoms with E-state index in [1.807, 2.05) is 4.90 Å². The number of halogens is 1. The van der Waals surface area contributed by atoms with Crippen molar-refractivity contribution in [3.63, 3.8) is 0 Å². The van der Waals surface area contributed by atoms with Gasteiger partial charge in [-0.1, -0.05) is 11.6 Å². The molecule has 1 aromatic carbocycles. The average molecular weight is 270 g/mol. The van der Waals surface area contributed by atoms with Crippen molar-refractivity contribution >= 4 is 28.9 Å². The number of aliphatic hydroxyl groups excluding tert-OH is 1. The smallest absolute Gasteiger partial charge is 0.238 e. The number of hydrogen-bond acceptors (Lipinski definition) is 4. The number of β-amino-alcohol motifs (C(OH)–C–C–N with tert-alkyl or cyclic N) is 1. The van der Waals surface area contributed by atoms with E-state index in [0.29, 0.717) is 29.4 Å². The summed E-state index contributed by atoms with van der Waals surface area (Å²) in [6, 6.07) is 4.94. The van der Waals surface area contributed by atoms with E-state index in [1.54, 1.807) is 18.2 Å². The fraction of sp³-hybridized carbons (Fsp3) is 0.417. The third-order valence-corrected chi connectivity index (χ3v) is 3.14. The van der Waals surface area contributed by atoms with Gasteiger partial charge in [-0.3, -0.25) is 9.69 Å². The maximum Gasteiger partial charge on any atom is 0.238 e. The Morgan fingerprint density at radius 1 is 1.61 bits per heavy atom. The van der Waals surface area contributed by atoms with Gasteiger partial charge in [0.15, 0.2) is 0 Å². The largest absolute Gasteiger partial charge is 0.397 e. The van der Waals surface area contributed by atoms with Gasteiger partial charge in [-0.15, -0.1) is 0 Å². The van der Waals surface area contributed by atoms with Crippen LogP contribution >= 0.6 is 11.6 Å². The molecule has 0 spiro atoms. The maximum absolute atomic E-state index is 11.8. The standard InChI is InChI=1S/C12H16ClN3O2/c13-8-1-2-10(14)11(5-8)15-12(18)7-16-4-3-9(17)6-16/h1-2,5,9,17H,3-4,6-7,14H2,(H,15,18). The number of benzene rings is 1. The first-order chi connectivity index (χ1) is 8.54. The Balaban J connectivity index is 1.92. The van der Waals surface area contributed by atoms with Crippen molar-refractivity contribution in [3.8, 4) is 0 Å². The Labute approximate surface area is 111 Å². The zero-order valence-electron chi connectivity index (χ0n) is 9.90. The minimum atomic E-state index is -0.325. The number of carbonyl (C=O) groups excluding carboxylic acids is 1. The topological polar surface area (TPSA) is 78.6 Å². The van der Waals surface area contributed by atoms with Crippen LogP contribution in [0.3, 0.4) is 0 Å². The van der Waals surface area contributed by atoms with Gasteiger partial charge in [0.25, 0.3) is 0 Å². The molecule has 5 nitrogen and oxygen atoms in total. The Kier molecular flexibility index (Phi) is 4.06. The lowest BCUT2D eigenvalue weighted by Crippen LogP contribution is -2.32. The van der Waals surface area contributed by atoms with Crippen LogP contribution in [0.4, 0.5) is 11.4 Å². The highest BCUT2D eigenvalue weighted by molar-refractivity contribution is 6.31. The number of rotatable bonds is 3. The van der Waals surface area contributed by atoms with Gasteiger partial charge in [-0.2, -0.15) is 0 Å². The Morgan fingerprint density at radius 2 is 2.39 bits per heavy atom. The highest BCUT2D eigenvalue weighted by Gasteiger charge is 2.22. The monoisotopic (exact) mass is 269 g/mol. The number of nitrogens with one attached hydrogen (secondary N) is 1. The van der Waals surface area contributed by atoms with Crippen LogP contribution in [0.1, 0.15) is 6.42 Å². The number of carbonyl (C=O) groups is 1. The molecule has 1 amide bonds. The van der Waals surface area contributed by atoms with E-state index in [9.17, 15) is 9.90 Å². The molecule has 0 aliphatic carbocycles.